The molecule has 2 heterocycles. The summed E-state index contributed by atoms with van der Waals surface area (Å²) in [6, 6.07) is 6.54. The van der Waals surface area contributed by atoms with E-state index in [0.29, 0.717) is 12.0 Å². The zero-order chi connectivity index (χ0) is 25.5. The molecule has 11 heteroatoms. The van der Waals surface area contributed by atoms with Crippen LogP contribution in [0.15, 0.2) is 35.9 Å². The number of aliphatic hydroxyl groups excluding tert-OH is 4. The fraction of sp³-hybridized carbons (Fsp3) is 0.583. The van der Waals surface area contributed by atoms with E-state index in [0.717, 1.165) is 5.56 Å². The Morgan fingerprint density at radius 2 is 1.83 bits per heavy atom. The Hall–Kier alpha value is -2.54. The summed E-state index contributed by atoms with van der Waals surface area (Å²) in [4.78, 5) is 25.1. The van der Waals surface area contributed by atoms with Crippen molar-refractivity contribution in [2.24, 2.45) is 11.8 Å². The predicted octanol–water partition coefficient (Wildman–Crippen LogP) is -0.580. The first-order valence-corrected chi connectivity index (χ1v) is 11.4. The Bertz CT molecular complexity index is 882. The monoisotopic (exact) mass is 496 g/mol. The molecular formula is C24H32O11. The van der Waals surface area contributed by atoms with Gasteiger partial charge in [-0.1, -0.05) is 18.2 Å². The number of esters is 2. The summed E-state index contributed by atoms with van der Waals surface area (Å²) in [5.74, 6) is -2.45. The Labute approximate surface area is 202 Å². The van der Waals surface area contributed by atoms with E-state index >= 15 is 0 Å². The summed E-state index contributed by atoms with van der Waals surface area (Å²) < 4.78 is 21.4. The minimum atomic E-state index is -1.62. The van der Waals surface area contributed by atoms with Gasteiger partial charge in [-0.3, -0.25) is 9.59 Å². The molecule has 3 rings (SSSR count). The summed E-state index contributed by atoms with van der Waals surface area (Å²) in [7, 11) is 0. The molecule has 1 aromatic rings. The highest BCUT2D eigenvalue weighted by Crippen LogP contribution is 2.32. The average Bonchev–Trinajstić information content (AvgIpc) is 2.85. The highest BCUT2D eigenvalue weighted by molar-refractivity contribution is 5.77. The number of aromatic hydroxyl groups is 1. The molecule has 35 heavy (non-hydrogen) atoms. The van der Waals surface area contributed by atoms with Crippen molar-refractivity contribution in [3.05, 3.63) is 41.5 Å². The van der Waals surface area contributed by atoms with E-state index in [2.05, 4.69) is 0 Å². The SMILES string of the molecule is C/C=C1/COC(=O)[C@@H](CO[C@@H]2O[C@H](CO)[C@@H](O)[C@H](O)[C@H]2O)[C@H]1CC(=O)OCCc1ccc(O)cc1. The summed E-state index contributed by atoms with van der Waals surface area (Å²) in [5, 5.41) is 48.7. The van der Waals surface area contributed by atoms with Gasteiger partial charge in [0.25, 0.3) is 0 Å². The van der Waals surface area contributed by atoms with Gasteiger partial charge >= 0.3 is 11.9 Å². The van der Waals surface area contributed by atoms with Crippen LogP contribution in [0.3, 0.4) is 0 Å². The number of carbonyl (C=O) groups excluding carboxylic acids is 2. The van der Waals surface area contributed by atoms with E-state index in [1.807, 2.05) is 0 Å². The van der Waals surface area contributed by atoms with Gasteiger partial charge in [0, 0.05) is 12.3 Å². The topological polar surface area (TPSA) is 172 Å². The molecule has 1 aromatic carbocycles. The smallest absolute Gasteiger partial charge is 0.312 e. The highest BCUT2D eigenvalue weighted by Gasteiger charge is 2.45. The maximum atomic E-state index is 12.6. The van der Waals surface area contributed by atoms with E-state index in [1.54, 1.807) is 37.3 Å². The minimum absolute atomic E-state index is 0.0251. The Morgan fingerprint density at radius 1 is 1.11 bits per heavy atom. The lowest BCUT2D eigenvalue weighted by Gasteiger charge is -2.40. The van der Waals surface area contributed by atoms with Crippen LogP contribution in [0.2, 0.25) is 0 Å². The first-order chi connectivity index (χ1) is 16.7. The van der Waals surface area contributed by atoms with Crippen LogP contribution in [-0.2, 0) is 35.0 Å². The van der Waals surface area contributed by atoms with Gasteiger partial charge in [0.05, 0.1) is 32.2 Å². The molecule has 7 atom stereocenters. The Balaban J connectivity index is 1.60. The Morgan fingerprint density at radius 3 is 2.49 bits per heavy atom. The van der Waals surface area contributed by atoms with Crippen molar-refractivity contribution in [1.82, 2.24) is 0 Å². The second-order valence-corrected chi connectivity index (χ2v) is 8.56. The molecular weight excluding hydrogens is 464 g/mol. The molecule has 194 valence electrons. The molecule has 0 unspecified atom stereocenters. The quantitative estimate of drug-likeness (QED) is 0.219. The van der Waals surface area contributed by atoms with E-state index in [1.165, 1.54) is 0 Å². The molecule has 5 N–H and O–H groups in total. The fourth-order valence-corrected chi connectivity index (χ4v) is 4.13. The number of hydrogen-bond acceptors (Lipinski definition) is 11. The maximum absolute atomic E-state index is 12.6. The van der Waals surface area contributed by atoms with Gasteiger partial charge in [-0.05, 0) is 30.2 Å². The summed E-state index contributed by atoms with van der Waals surface area (Å²) >= 11 is 0. The van der Waals surface area contributed by atoms with Crippen LogP contribution in [0.1, 0.15) is 18.9 Å². The standard InChI is InChI=1S/C24H32O11/c1-2-14-11-33-23(31)17(12-34-24-22(30)21(29)20(28)18(10-25)35-24)16(14)9-19(27)32-8-7-13-3-5-15(26)6-4-13/h2-6,16-18,20-22,24-26,28-30H,7-12H2,1H3/b14-2-/t16-,17-,18+,20+,21-,22+,24+/m0/s1. The average molecular weight is 497 g/mol. The minimum Gasteiger partial charge on any atom is -0.508 e. The lowest BCUT2D eigenvalue weighted by molar-refractivity contribution is -0.303. The van der Waals surface area contributed by atoms with E-state index in [-0.39, 0.29) is 32.0 Å². The van der Waals surface area contributed by atoms with Crippen molar-refractivity contribution in [3.8, 4) is 5.75 Å². The number of allylic oxidation sites excluding steroid dienone is 1. The molecule has 2 aliphatic heterocycles. The molecule has 0 spiro atoms. The first-order valence-electron chi connectivity index (χ1n) is 11.4. The number of rotatable bonds is 9. The zero-order valence-electron chi connectivity index (χ0n) is 19.4. The molecule has 0 saturated carbocycles. The maximum Gasteiger partial charge on any atom is 0.312 e. The molecule has 0 aromatic heterocycles. The van der Waals surface area contributed by atoms with Crippen LogP contribution < -0.4 is 0 Å². The zero-order valence-corrected chi connectivity index (χ0v) is 19.4. The van der Waals surface area contributed by atoms with E-state index in [9.17, 15) is 35.1 Å². The fourth-order valence-electron chi connectivity index (χ4n) is 4.13. The third-order valence-electron chi connectivity index (χ3n) is 6.28. The third-order valence-corrected chi connectivity index (χ3v) is 6.28. The van der Waals surface area contributed by atoms with Crippen LogP contribution in [0.4, 0.5) is 0 Å². The van der Waals surface area contributed by atoms with Gasteiger partial charge in [0.2, 0.25) is 0 Å². The molecule has 0 bridgehead atoms. The van der Waals surface area contributed by atoms with Crippen LogP contribution in [0.25, 0.3) is 0 Å². The second kappa shape index (κ2) is 12.4. The Kier molecular flexibility index (Phi) is 9.61. The van der Waals surface area contributed by atoms with Crippen molar-refractivity contribution in [3.63, 3.8) is 0 Å². The van der Waals surface area contributed by atoms with Crippen LogP contribution in [-0.4, -0.2) is 94.6 Å². The van der Waals surface area contributed by atoms with Gasteiger partial charge in [0.1, 0.15) is 36.8 Å². The summed E-state index contributed by atoms with van der Waals surface area (Å²) in [6.45, 7) is 0.990. The third kappa shape index (κ3) is 6.78. The normalized spacial score (nSPS) is 32.3. The number of cyclic esters (lactones) is 1. The van der Waals surface area contributed by atoms with Crippen LogP contribution >= 0.6 is 0 Å². The van der Waals surface area contributed by atoms with Gasteiger partial charge in [-0.15, -0.1) is 0 Å². The lowest BCUT2D eigenvalue weighted by Crippen LogP contribution is -2.59. The highest BCUT2D eigenvalue weighted by atomic mass is 16.7. The first kappa shape index (κ1) is 27.1. The van der Waals surface area contributed by atoms with Gasteiger partial charge < -0.3 is 44.5 Å². The number of aliphatic hydroxyl groups is 4. The van der Waals surface area contributed by atoms with Crippen molar-refractivity contribution in [1.29, 1.82) is 0 Å². The second-order valence-electron chi connectivity index (χ2n) is 8.56. The molecule has 0 radical (unpaired) electrons. The summed E-state index contributed by atoms with van der Waals surface area (Å²) in [5.41, 5.74) is 1.60. The largest absolute Gasteiger partial charge is 0.508 e. The van der Waals surface area contributed by atoms with Gasteiger partial charge in [0.15, 0.2) is 6.29 Å². The van der Waals surface area contributed by atoms with Crippen molar-refractivity contribution in [2.75, 3.05) is 26.4 Å². The van der Waals surface area contributed by atoms with E-state index < -0.39 is 61.1 Å². The van der Waals surface area contributed by atoms with Crippen molar-refractivity contribution >= 4 is 11.9 Å². The molecule has 2 aliphatic rings. The summed E-state index contributed by atoms with van der Waals surface area (Å²) in [6.07, 6.45) is -5.22. The molecule has 2 fully saturated rings. The number of phenolic OH excluding ortho intramolecular Hbond substituents is 1. The van der Waals surface area contributed by atoms with Gasteiger partial charge in [-0.25, -0.2) is 0 Å². The number of benzene rings is 1. The number of phenols is 1. The van der Waals surface area contributed by atoms with Crippen molar-refractivity contribution < 1.29 is 54.1 Å². The van der Waals surface area contributed by atoms with Crippen LogP contribution in [0, 0.1) is 11.8 Å². The molecule has 11 nitrogen and oxygen atoms in total. The molecule has 0 amide bonds. The molecule has 2 saturated heterocycles. The number of carbonyl (C=O) groups is 2. The van der Waals surface area contributed by atoms with E-state index in [4.69, 9.17) is 18.9 Å². The van der Waals surface area contributed by atoms with Gasteiger partial charge in [-0.2, -0.15) is 0 Å². The van der Waals surface area contributed by atoms with Crippen LogP contribution in [0.5, 0.6) is 5.75 Å². The number of ether oxygens (including phenoxy) is 4. The molecule has 0 aliphatic carbocycles. The predicted molar refractivity (Wildman–Crippen MR) is 119 cm³/mol. The number of hydrogen-bond donors (Lipinski definition) is 5. The van der Waals surface area contributed by atoms with Crippen molar-refractivity contribution in [2.45, 2.75) is 50.5 Å². The lowest BCUT2D eigenvalue weighted by atomic mass is 9.82.